The van der Waals surface area contributed by atoms with Gasteiger partial charge in [-0.2, -0.15) is 0 Å². The number of halogens is 2. The third-order valence-electron chi connectivity index (χ3n) is 7.08. The van der Waals surface area contributed by atoms with E-state index >= 15 is 0 Å². The lowest BCUT2D eigenvalue weighted by Crippen LogP contribution is -2.39. The fourth-order valence-corrected chi connectivity index (χ4v) is 4.93. The summed E-state index contributed by atoms with van der Waals surface area (Å²) in [5.41, 5.74) is 0.490. The number of nitrogens with zero attached hydrogens (tertiary/aromatic N) is 3. The Bertz CT molecular complexity index is 1030. The number of carbonyl (C=O) groups is 2. The lowest BCUT2D eigenvalue weighted by Gasteiger charge is -2.32. The molecule has 7 nitrogen and oxygen atoms in total. The highest BCUT2D eigenvalue weighted by Crippen LogP contribution is 2.26. The van der Waals surface area contributed by atoms with E-state index in [1.54, 1.807) is 0 Å². The van der Waals surface area contributed by atoms with Crippen molar-refractivity contribution in [3.8, 4) is 5.75 Å². The maximum Gasteiger partial charge on any atom is 0.257 e. The van der Waals surface area contributed by atoms with Gasteiger partial charge in [-0.3, -0.25) is 9.59 Å². The minimum Gasteiger partial charge on any atom is -0.493 e. The van der Waals surface area contributed by atoms with Gasteiger partial charge in [-0.15, -0.1) is 0 Å². The van der Waals surface area contributed by atoms with E-state index in [2.05, 4.69) is 27.1 Å². The van der Waals surface area contributed by atoms with Crippen LogP contribution in [0.4, 0.5) is 14.7 Å². The summed E-state index contributed by atoms with van der Waals surface area (Å²) in [4.78, 5) is 35.1. The second-order valence-electron chi connectivity index (χ2n) is 9.73. The van der Waals surface area contributed by atoms with Gasteiger partial charge in [-0.05, 0) is 56.4 Å². The monoisotopic (exact) mass is 500 g/mol. The number of ketones is 1. The molecule has 36 heavy (non-hydrogen) atoms. The van der Waals surface area contributed by atoms with Crippen molar-refractivity contribution in [3.05, 3.63) is 47.3 Å². The predicted octanol–water partition coefficient (Wildman–Crippen LogP) is 4.63. The van der Waals surface area contributed by atoms with E-state index in [9.17, 15) is 18.4 Å². The molecule has 0 bridgehead atoms. The van der Waals surface area contributed by atoms with E-state index < -0.39 is 23.1 Å². The van der Waals surface area contributed by atoms with Crippen molar-refractivity contribution in [2.45, 2.75) is 70.8 Å². The van der Waals surface area contributed by atoms with Gasteiger partial charge in [0.05, 0.1) is 6.61 Å². The smallest absolute Gasteiger partial charge is 0.257 e. The Balaban J connectivity index is 1.20. The summed E-state index contributed by atoms with van der Waals surface area (Å²) in [5.74, 6) is -1.31. The first-order valence-electron chi connectivity index (χ1n) is 12.9. The van der Waals surface area contributed by atoms with Crippen LogP contribution in [-0.2, 0) is 11.2 Å². The molecule has 9 heteroatoms. The molecular weight excluding hydrogens is 466 g/mol. The molecule has 1 amide bonds. The fraction of sp³-hybridized carbons (Fsp3) is 0.556. The Morgan fingerprint density at radius 3 is 2.47 bits per heavy atom. The van der Waals surface area contributed by atoms with Gasteiger partial charge in [0, 0.05) is 56.5 Å². The SMILES string of the molecule is CCc1cnc(N2CCC(CCCOc3cc(F)c(C(=O)NC4CCCC(=O)C4)c(F)c3)CC2)nc1. The first-order valence-corrected chi connectivity index (χ1v) is 12.9. The Kier molecular flexibility index (Phi) is 8.83. The first kappa shape index (κ1) is 26.0. The lowest BCUT2D eigenvalue weighted by atomic mass is 9.92. The van der Waals surface area contributed by atoms with Crippen LogP contribution in [-0.4, -0.2) is 47.4 Å². The molecule has 1 aliphatic carbocycles. The van der Waals surface area contributed by atoms with Crippen LogP contribution < -0.4 is 15.0 Å². The van der Waals surface area contributed by atoms with Crippen LogP contribution in [0.2, 0.25) is 0 Å². The number of benzene rings is 1. The van der Waals surface area contributed by atoms with Crippen LogP contribution in [0.3, 0.4) is 0 Å². The largest absolute Gasteiger partial charge is 0.493 e. The molecule has 1 aromatic carbocycles. The maximum absolute atomic E-state index is 14.5. The van der Waals surface area contributed by atoms with Crippen molar-refractivity contribution < 1.29 is 23.1 Å². The summed E-state index contributed by atoms with van der Waals surface area (Å²) >= 11 is 0. The third-order valence-corrected chi connectivity index (χ3v) is 7.08. The van der Waals surface area contributed by atoms with Gasteiger partial charge < -0.3 is 15.0 Å². The molecule has 1 aromatic heterocycles. The number of aromatic nitrogens is 2. The second kappa shape index (κ2) is 12.2. The van der Waals surface area contributed by atoms with Crippen LogP contribution in [0.5, 0.6) is 5.75 Å². The van der Waals surface area contributed by atoms with Gasteiger partial charge in [0.1, 0.15) is 28.7 Å². The quantitative estimate of drug-likeness (QED) is 0.505. The van der Waals surface area contributed by atoms with Crippen LogP contribution >= 0.6 is 0 Å². The highest BCUT2D eigenvalue weighted by molar-refractivity contribution is 5.95. The van der Waals surface area contributed by atoms with Crippen molar-refractivity contribution in [2.24, 2.45) is 5.92 Å². The summed E-state index contributed by atoms with van der Waals surface area (Å²) in [6.07, 6.45) is 10.5. The summed E-state index contributed by atoms with van der Waals surface area (Å²) in [6, 6.07) is 1.72. The van der Waals surface area contributed by atoms with E-state index in [-0.39, 0.29) is 24.0 Å². The summed E-state index contributed by atoms with van der Waals surface area (Å²) in [5, 5.41) is 2.58. The number of nitrogens with one attached hydrogen (secondary N) is 1. The number of amides is 1. The Labute approximate surface area is 210 Å². The molecular formula is C27H34F2N4O3. The van der Waals surface area contributed by atoms with Gasteiger partial charge in [-0.25, -0.2) is 18.7 Å². The summed E-state index contributed by atoms with van der Waals surface area (Å²) in [6.45, 7) is 4.24. The molecule has 4 rings (SSSR count). The minimum absolute atomic E-state index is 0.0533. The number of rotatable bonds is 9. The van der Waals surface area contributed by atoms with Crippen molar-refractivity contribution in [3.63, 3.8) is 0 Å². The lowest BCUT2D eigenvalue weighted by molar-refractivity contribution is -0.120. The van der Waals surface area contributed by atoms with Crippen LogP contribution in [0, 0.1) is 17.6 Å². The number of anilines is 1. The van der Waals surface area contributed by atoms with Crippen molar-refractivity contribution in [1.82, 2.24) is 15.3 Å². The highest BCUT2D eigenvalue weighted by atomic mass is 19.1. The van der Waals surface area contributed by atoms with Crippen molar-refractivity contribution in [1.29, 1.82) is 0 Å². The van der Waals surface area contributed by atoms with Crippen LogP contribution in [0.25, 0.3) is 0 Å². The van der Waals surface area contributed by atoms with E-state index in [1.807, 2.05) is 12.4 Å². The minimum atomic E-state index is -0.966. The molecule has 1 N–H and O–H groups in total. The van der Waals surface area contributed by atoms with E-state index in [1.165, 1.54) is 0 Å². The fourth-order valence-electron chi connectivity index (χ4n) is 4.93. The molecule has 1 saturated heterocycles. The zero-order valence-electron chi connectivity index (χ0n) is 20.8. The second-order valence-corrected chi connectivity index (χ2v) is 9.73. The average molecular weight is 501 g/mol. The molecule has 1 saturated carbocycles. The van der Waals surface area contributed by atoms with Gasteiger partial charge in [-0.1, -0.05) is 6.92 Å². The Morgan fingerprint density at radius 2 is 1.83 bits per heavy atom. The van der Waals surface area contributed by atoms with E-state index in [4.69, 9.17) is 4.74 Å². The number of hydrogen-bond donors (Lipinski definition) is 1. The first-order chi connectivity index (χ1) is 17.4. The standard InChI is InChI=1S/C27H34F2N4O3/c1-2-18-16-30-27(31-17-18)33-10-8-19(9-11-33)5-4-12-36-22-14-23(28)25(24(29)15-22)26(35)32-20-6-3-7-21(34)13-20/h14-17,19-20H,2-13H2,1H3,(H,32,35). The molecule has 1 atom stereocenters. The molecule has 0 radical (unpaired) electrons. The van der Waals surface area contributed by atoms with Gasteiger partial charge >= 0.3 is 0 Å². The molecule has 194 valence electrons. The van der Waals surface area contributed by atoms with E-state index in [0.29, 0.717) is 31.8 Å². The molecule has 2 fully saturated rings. The van der Waals surface area contributed by atoms with Gasteiger partial charge in [0.2, 0.25) is 5.95 Å². The number of Topliss-reactive ketones (excluding diaryl/α,β-unsaturated/α-hetero) is 1. The summed E-state index contributed by atoms with van der Waals surface area (Å²) in [7, 11) is 0. The van der Waals surface area contributed by atoms with E-state index in [0.717, 1.165) is 68.8 Å². The molecule has 1 aliphatic heterocycles. The number of ether oxygens (including phenoxy) is 1. The van der Waals surface area contributed by atoms with Crippen LogP contribution in [0.15, 0.2) is 24.5 Å². The molecule has 1 unspecified atom stereocenters. The van der Waals surface area contributed by atoms with Crippen molar-refractivity contribution in [2.75, 3.05) is 24.6 Å². The van der Waals surface area contributed by atoms with Crippen LogP contribution in [0.1, 0.15) is 74.2 Å². The third kappa shape index (κ3) is 6.77. The Morgan fingerprint density at radius 1 is 1.14 bits per heavy atom. The van der Waals surface area contributed by atoms with Gasteiger partial charge in [0.25, 0.3) is 5.91 Å². The number of carbonyl (C=O) groups excluding carboxylic acids is 2. The maximum atomic E-state index is 14.5. The topological polar surface area (TPSA) is 84.4 Å². The average Bonchev–Trinajstić information content (AvgIpc) is 2.87. The molecule has 0 spiro atoms. The molecule has 2 aromatic rings. The summed E-state index contributed by atoms with van der Waals surface area (Å²) < 4.78 is 34.7. The highest BCUT2D eigenvalue weighted by Gasteiger charge is 2.25. The normalized spacial score (nSPS) is 18.8. The number of aryl methyl sites for hydroxylation is 1. The zero-order valence-corrected chi connectivity index (χ0v) is 20.8. The number of piperidine rings is 1. The van der Waals surface area contributed by atoms with Gasteiger partial charge in [0.15, 0.2) is 0 Å². The molecule has 2 heterocycles. The molecule has 2 aliphatic rings. The number of hydrogen-bond acceptors (Lipinski definition) is 6. The predicted molar refractivity (Wildman–Crippen MR) is 132 cm³/mol. The zero-order chi connectivity index (χ0) is 25.5. The Hall–Kier alpha value is -3.10. The van der Waals surface area contributed by atoms with Crippen molar-refractivity contribution >= 4 is 17.6 Å².